The van der Waals surface area contributed by atoms with Gasteiger partial charge in [-0.1, -0.05) is 32.9 Å². The molecule has 2 aliphatic rings. The lowest BCUT2D eigenvalue weighted by Crippen LogP contribution is -2.52. The van der Waals surface area contributed by atoms with Crippen LogP contribution < -0.4 is 15.5 Å². The molecule has 2 amide bonds. The molecule has 2 N–H and O–H groups in total. The molecule has 2 fully saturated rings. The van der Waals surface area contributed by atoms with E-state index in [4.69, 9.17) is 19.1 Å². The van der Waals surface area contributed by atoms with Crippen LogP contribution in [0.25, 0.3) is 11.3 Å². The van der Waals surface area contributed by atoms with Crippen molar-refractivity contribution in [2.45, 2.75) is 97.2 Å². The fraction of sp³-hybridized carbons (Fsp3) is 0.564. The zero-order valence-corrected chi connectivity index (χ0v) is 33.4. The van der Waals surface area contributed by atoms with E-state index in [0.29, 0.717) is 57.9 Å². The van der Waals surface area contributed by atoms with E-state index >= 15 is 0 Å². The van der Waals surface area contributed by atoms with Gasteiger partial charge in [0.25, 0.3) is 0 Å². The predicted molar refractivity (Wildman–Crippen MR) is 209 cm³/mol. The van der Waals surface area contributed by atoms with Crippen molar-refractivity contribution in [3.8, 4) is 11.3 Å². The van der Waals surface area contributed by atoms with E-state index in [-0.39, 0.29) is 17.0 Å². The molecule has 0 saturated carbocycles. The number of nitrogens with one attached hydrogen (secondary N) is 2. The number of rotatable bonds is 12. The fourth-order valence-corrected chi connectivity index (χ4v) is 7.09. The summed E-state index contributed by atoms with van der Waals surface area (Å²) < 4.78 is 11.9. The third kappa shape index (κ3) is 11.0. The molecule has 5 rings (SSSR count). The van der Waals surface area contributed by atoms with Crippen LogP contribution in [0.1, 0.15) is 66.4 Å². The number of piperazine rings is 1. The smallest absolute Gasteiger partial charge is 0.410 e. The normalized spacial score (nSPS) is 17.3. The zero-order chi connectivity index (χ0) is 37.5. The summed E-state index contributed by atoms with van der Waals surface area (Å²) in [5.74, 6) is 1.47. The summed E-state index contributed by atoms with van der Waals surface area (Å²) in [5.41, 5.74) is 3.22. The van der Waals surface area contributed by atoms with E-state index in [1.807, 2.05) is 45.2 Å². The van der Waals surface area contributed by atoms with Crippen molar-refractivity contribution in [3.63, 3.8) is 0 Å². The molecule has 1 unspecified atom stereocenters. The second kappa shape index (κ2) is 16.7. The van der Waals surface area contributed by atoms with Gasteiger partial charge in [-0.2, -0.15) is 0 Å². The van der Waals surface area contributed by atoms with Crippen LogP contribution in [0.4, 0.5) is 22.2 Å². The van der Waals surface area contributed by atoms with Gasteiger partial charge in [0.15, 0.2) is 8.32 Å². The molecule has 12 nitrogen and oxygen atoms in total. The van der Waals surface area contributed by atoms with Gasteiger partial charge < -0.3 is 29.6 Å². The minimum Gasteiger partial charge on any atom is -0.444 e. The molecule has 2 aliphatic heterocycles. The Bertz CT molecular complexity index is 1650. The van der Waals surface area contributed by atoms with E-state index in [2.05, 4.69) is 83.5 Å². The molecule has 3 aromatic rings. The first kappa shape index (κ1) is 39.1. The van der Waals surface area contributed by atoms with Crippen LogP contribution in [-0.2, 0) is 20.6 Å². The maximum atomic E-state index is 12.7. The van der Waals surface area contributed by atoms with E-state index < -0.39 is 13.9 Å². The van der Waals surface area contributed by atoms with Gasteiger partial charge in [-0.3, -0.25) is 9.69 Å². The monoisotopic (exact) mass is 730 g/mol. The largest absolute Gasteiger partial charge is 0.444 e. The van der Waals surface area contributed by atoms with Gasteiger partial charge >= 0.3 is 6.09 Å². The van der Waals surface area contributed by atoms with Gasteiger partial charge in [0.05, 0.1) is 18.8 Å². The first-order valence-electron chi connectivity index (χ1n) is 18.6. The van der Waals surface area contributed by atoms with Gasteiger partial charge in [-0.25, -0.2) is 19.7 Å². The highest BCUT2D eigenvalue weighted by atomic mass is 28.4. The molecular formula is C39H58N8O4Si. The van der Waals surface area contributed by atoms with Crippen LogP contribution in [0, 0.1) is 0 Å². The highest BCUT2D eigenvalue weighted by Gasteiger charge is 2.37. The standard InChI is InChI=1S/C39H58N8O4Si/c1-38(2,3)51-37(49)46-23-21-45(22-24-46)27-35(48)40-18-16-32-13-10-20-47(32)34-15-14-30(26-42-34)33-17-19-41-36(44-33)43-31-12-9-11-29(25-31)28-50-52(7,8)39(4,5)6/h9,11-12,14-15,17,19,25-26,32H,10,13,16,18,20-24,27-28H2,1-8H3,(H,40,48)(H,41,43,44). The highest BCUT2D eigenvalue weighted by Crippen LogP contribution is 2.37. The number of carbonyl (C=O) groups excluding carboxylic acids is 2. The summed E-state index contributed by atoms with van der Waals surface area (Å²) in [5, 5.41) is 6.63. The number of anilines is 3. The Balaban J connectivity index is 1.08. The summed E-state index contributed by atoms with van der Waals surface area (Å²) in [4.78, 5) is 45.3. The Morgan fingerprint density at radius 1 is 0.962 bits per heavy atom. The number of benzene rings is 1. The van der Waals surface area contributed by atoms with E-state index in [1.165, 1.54) is 0 Å². The number of hydrogen-bond donors (Lipinski definition) is 2. The molecule has 13 heteroatoms. The molecule has 0 aliphatic carbocycles. The molecule has 0 radical (unpaired) electrons. The first-order valence-corrected chi connectivity index (χ1v) is 21.5. The molecule has 0 spiro atoms. The average molecular weight is 731 g/mol. The molecule has 52 heavy (non-hydrogen) atoms. The quantitative estimate of drug-likeness (QED) is 0.192. The third-order valence-electron chi connectivity index (χ3n) is 10.2. The summed E-state index contributed by atoms with van der Waals surface area (Å²) in [7, 11) is -1.85. The maximum absolute atomic E-state index is 12.7. The van der Waals surface area contributed by atoms with Crippen molar-refractivity contribution in [1.82, 2.24) is 30.1 Å². The van der Waals surface area contributed by atoms with Gasteiger partial charge in [-0.05, 0) is 94.1 Å². The number of pyridine rings is 1. The minimum absolute atomic E-state index is 0.0137. The lowest BCUT2D eigenvalue weighted by Gasteiger charge is -2.36. The fourth-order valence-electron chi connectivity index (χ4n) is 6.13. The number of carbonyl (C=O) groups is 2. The number of amides is 2. The molecule has 2 aromatic heterocycles. The summed E-state index contributed by atoms with van der Waals surface area (Å²) in [6, 6.07) is 14.5. The van der Waals surface area contributed by atoms with Crippen LogP contribution >= 0.6 is 0 Å². The van der Waals surface area contributed by atoms with Gasteiger partial charge in [-0.15, -0.1) is 0 Å². The number of nitrogens with zero attached hydrogens (tertiary/aromatic N) is 6. The topological polar surface area (TPSA) is 125 Å². The second-order valence-corrected chi connectivity index (χ2v) is 21.2. The average Bonchev–Trinajstić information content (AvgIpc) is 3.55. The van der Waals surface area contributed by atoms with Crippen molar-refractivity contribution in [2.75, 3.05) is 56.0 Å². The van der Waals surface area contributed by atoms with Crippen molar-refractivity contribution in [3.05, 3.63) is 60.4 Å². The lowest BCUT2D eigenvalue weighted by atomic mass is 10.1. The van der Waals surface area contributed by atoms with Crippen molar-refractivity contribution >= 4 is 37.8 Å². The van der Waals surface area contributed by atoms with E-state index in [1.54, 1.807) is 11.1 Å². The Morgan fingerprint density at radius 2 is 1.73 bits per heavy atom. The second-order valence-electron chi connectivity index (χ2n) is 16.4. The zero-order valence-electron chi connectivity index (χ0n) is 32.4. The lowest BCUT2D eigenvalue weighted by molar-refractivity contribution is -0.122. The van der Waals surface area contributed by atoms with Crippen molar-refractivity contribution < 1.29 is 18.8 Å². The Morgan fingerprint density at radius 3 is 2.42 bits per heavy atom. The van der Waals surface area contributed by atoms with Crippen molar-refractivity contribution in [1.29, 1.82) is 0 Å². The Kier molecular flexibility index (Phi) is 12.6. The molecule has 4 heterocycles. The number of aromatic nitrogens is 3. The van der Waals surface area contributed by atoms with Crippen LogP contribution in [0.15, 0.2) is 54.9 Å². The minimum atomic E-state index is -1.85. The molecule has 282 valence electrons. The van der Waals surface area contributed by atoms with Gasteiger partial charge in [0, 0.05) is 69.0 Å². The Labute approximate surface area is 310 Å². The Hall–Kier alpha value is -4.07. The van der Waals surface area contributed by atoms with Crippen LogP contribution in [0.2, 0.25) is 18.1 Å². The summed E-state index contributed by atoms with van der Waals surface area (Å²) in [6.07, 6.45) is 6.35. The first-order chi connectivity index (χ1) is 24.6. The maximum Gasteiger partial charge on any atom is 0.410 e. The van der Waals surface area contributed by atoms with Gasteiger partial charge in [0.1, 0.15) is 11.4 Å². The van der Waals surface area contributed by atoms with E-state index in [0.717, 1.165) is 54.1 Å². The van der Waals surface area contributed by atoms with Gasteiger partial charge in [0.2, 0.25) is 11.9 Å². The third-order valence-corrected chi connectivity index (χ3v) is 14.6. The highest BCUT2D eigenvalue weighted by molar-refractivity contribution is 6.74. The summed E-state index contributed by atoms with van der Waals surface area (Å²) >= 11 is 0. The van der Waals surface area contributed by atoms with Crippen LogP contribution in [0.3, 0.4) is 0 Å². The van der Waals surface area contributed by atoms with E-state index in [9.17, 15) is 9.59 Å². The molecular weight excluding hydrogens is 673 g/mol. The van der Waals surface area contributed by atoms with Crippen LogP contribution in [-0.4, -0.2) is 103 Å². The predicted octanol–water partition coefficient (Wildman–Crippen LogP) is 6.83. The number of ether oxygens (including phenoxy) is 1. The molecule has 1 atom stereocenters. The van der Waals surface area contributed by atoms with Crippen molar-refractivity contribution in [2.24, 2.45) is 0 Å². The molecule has 1 aromatic carbocycles. The molecule has 0 bridgehead atoms. The summed E-state index contributed by atoms with van der Waals surface area (Å²) in [6.45, 7) is 21.8. The SMILES string of the molecule is CC(C)(C)OC(=O)N1CCN(CC(=O)NCCC2CCCN2c2ccc(-c3ccnc(Nc4cccc(CO[Si](C)(C)C(C)(C)C)c4)n3)cn2)CC1. The van der Waals surface area contributed by atoms with Crippen LogP contribution in [0.5, 0.6) is 0 Å². The number of hydrogen-bond acceptors (Lipinski definition) is 10. The molecule has 2 saturated heterocycles.